The number of hydrogen-bond donors (Lipinski definition) is 0. The van der Waals surface area contributed by atoms with Crippen LogP contribution in [0.2, 0.25) is 0 Å². The Balaban J connectivity index is 0.887. The molecule has 0 fully saturated rings. The summed E-state index contributed by atoms with van der Waals surface area (Å²) in [7, 11) is 0. The number of furan rings is 1. The quantitative estimate of drug-likeness (QED) is 0.149. The van der Waals surface area contributed by atoms with Crippen molar-refractivity contribution in [2.75, 3.05) is 4.90 Å². The molecule has 0 spiro atoms. The molecule has 0 bridgehead atoms. The second-order valence-electron chi connectivity index (χ2n) is 18.0. The summed E-state index contributed by atoms with van der Waals surface area (Å²) >= 11 is 0. The predicted octanol–water partition coefficient (Wildman–Crippen LogP) is 18.6. The molecule has 0 amide bonds. The zero-order valence-electron chi connectivity index (χ0n) is 37.6. The van der Waals surface area contributed by atoms with Crippen LogP contribution in [-0.2, 0) is 0 Å². The largest absolute Gasteiger partial charge is 0.455 e. The maximum atomic E-state index is 6.78. The van der Waals surface area contributed by atoms with E-state index in [0.717, 1.165) is 72.3 Å². The van der Waals surface area contributed by atoms with Gasteiger partial charge in [-0.25, -0.2) is 0 Å². The SMILES string of the molecule is c1cc(-c2cc3ccccc3c3ccccc23)cc(N(c2ccc(-c3cccc(-n4c5ccccc5c5ccccc54)c3)cc2)c2ccc(-c3cccc4c3oc3c5ccccc5ccc43)cc2)c1. The summed E-state index contributed by atoms with van der Waals surface area (Å²) in [6.45, 7) is 0. The lowest BCUT2D eigenvalue weighted by Crippen LogP contribution is -2.10. The number of anilines is 3. The second kappa shape index (κ2) is 15.7. The molecule has 3 heteroatoms. The van der Waals surface area contributed by atoms with E-state index >= 15 is 0 Å². The van der Waals surface area contributed by atoms with Crippen molar-refractivity contribution < 1.29 is 4.42 Å². The molecular weight excluding hydrogens is 837 g/mol. The fourth-order valence-electron chi connectivity index (χ4n) is 10.9. The van der Waals surface area contributed by atoms with E-state index in [1.165, 1.54) is 59.9 Å². The first-order chi connectivity index (χ1) is 34.2. The Kier molecular flexibility index (Phi) is 8.90. The Morgan fingerprint density at radius 1 is 0.275 bits per heavy atom. The molecule has 2 heterocycles. The summed E-state index contributed by atoms with van der Waals surface area (Å²) in [5.74, 6) is 0. The first-order valence-electron chi connectivity index (χ1n) is 23.7. The van der Waals surface area contributed by atoms with Crippen LogP contribution in [0.5, 0.6) is 0 Å². The van der Waals surface area contributed by atoms with Crippen LogP contribution in [0.3, 0.4) is 0 Å². The number of rotatable bonds is 7. The molecule has 0 aliphatic rings. The molecule has 3 nitrogen and oxygen atoms in total. The third-order valence-electron chi connectivity index (χ3n) is 14.2. The number of nitrogens with zero attached hydrogens (tertiary/aromatic N) is 2. The molecule has 0 saturated carbocycles. The topological polar surface area (TPSA) is 21.3 Å². The van der Waals surface area contributed by atoms with E-state index in [2.05, 4.69) is 264 Å². The predicted molar refractivity (Wildman–Crippen MR) is 292 cm³/mol. The summed E-state index contributed by atoms with van der Waals surface area (Å²) < 4.78 is 9.17. The molecule has 2 aromatic heterocycles. The van der Waals surface area contributed by atoms with Crippen LogP contribution < -0.4 is 4.90 Å². The van der Waals surface area contributed by atoms with Crippen molar-refractivity contribution in [3.63, 3.8) is 0 Å². The highest BCUT2D eigenvalue weighted by atomic mass is 16.3. The minimum absolute atomic E-state index is 0.904. The number of fused-ring (bicyclic) bond motifs is 11. The Bertz CT molecular complexity index is 4260. The van der Waals surface area contributed by atoms with Gasteiger partial charge in [0.05, 0.1) is 11.0 Å². The Morgan fingerprint density at radius 3 is 1.59 bits per heavy atom. The van der Waals surface area contributed by atoms with Gasteiger partial charge in [0.25, 0.3) is 0 Å². The molecule has 69 heavy (non-hydrogen) atoms. The Hall–Kier alpha value is -9.18. The van der Waals surface area contributed by atoms with Crippen molar-refractivity contribution >= 4 is 93.1 Å². The van der Waals surface area contributed by atoms with Gasteiger partial charge < -0.3 is 13.9 Å². The molecule has 12 aromatic carbocycles. The normalized spacial score (nSPS) is 11.8. The van der Waals surface area contributed by atoms with Crippen molar-refractivity contribution in [3.8, 4) is 39.1 Å². The molecule has 0 saturated heterocycles. The van der Waals surface area contributed by atoms with Gasteiger partial charge in [0.1, 0.15) is 11.2 Å². The average Bonchev–Trinajstić information content (AvgIpc) is 3.98. The van der Waals surface area contributed by atoms with E-state index in [-0.39, 0.29) is 0 Å². The minimum Gasteiger partial charge on any atom is -0.455 e. The number of aromatic nitrogens is 1. The molecular formula is C66H42N2O. The fourth-order valence-corrected chi connectivity index (χ4v) is 10.9. The monoisotopic (exact) mass is 878 g/mol. The zero-order valence-corrected chi connectivity index (χ0v) is 37.6. The third-order valence-corrected chi connectivity index (χ3v) is 14.2. The van der Waals surface area contributed by atoms with Gasteiger partial charge >= 0.3 is 0 Å². The van der Waals surface area contributed by atoms with Gasteiger partial charge in [-0.2, -0.15) is 0 Å². The standard InChI is InChI=1S/C66H42N2O/c1-4-21-54-44(14-1)34-39-61-60-27-13-26-55(65(60)69-66(54)61)45-32-37-50(38-33-45)67(51-18-12-17-47(41-51)62-42-48-15-2-3-20-53(48)56-22-5-6-23-57(56)62)49-35-30-43(31-36-49)46-16-11-19-52(40-46)68-63-28-9-7-24-58(63)59-25-8-10-29-64(59)68/h1-42H. The van der Waals surface area contributed by atoms with Crippen molar-refractivity contribution in [2.45, 2.75) is 0 Å². The van der Waals surface area contributed by atoms with E-state index in [1.54, 1.807) is 0 Å². The van der Waals surface area contributed by atoms with Gasteiger partial charge in [0, 0.05) is 55.2 Å². The number of benzene rings is 12. The zero-order chi connectivity index (χ0) is 45.4. The van der Waals surface area contributed by atoms with E-state index < -0.39 is 0 Å². The highest BCUT2D eigenvalue weighted by Gasteiger charge is 2.19. The Morgan fingerprint density at radius 2 is 0.841 bits per heavy atom. The highest BCUT2D eigenvalue weighted by Crippen LogP contribution is 2.43. The molecule has 0 radical (unpaired) electrons. The van der Waals surface area contributed by atoms with Gasteiger partial charge in [0.2, 0.25) is 0 Å². The maximum absolute atomic E-state index is 6.78. The second-order valence-corrected chi connectivity index (χ2v) is 18.0. The summed E-state index contributed by atoms with van der Waals surface area (Å²) in [5.41, 5.74) is 15.4. The molecule has 0 aliphatic carbocycles. The van der Waals surface area contributed by atoms with Crippen molar-refractivity contribution in [3.05, 3.63) is 255 Å². The fraction of sp³-hybridized carbons (Fsp3) is 0. The van der Waals surface area contributed by atoms with Crippen LogP contribution >= 0.6 is 0 Å². The van der Waals surface area contributed by atoms with E-state index in [0.29, 0.717) is 0 Å². The van der Waals surface area contributed by atoms with E-state index in [4.69, 9.17) is 4.42 Å². The molecule has 0 aliphatic heterocycles. The molecule has 14 aromatic rings. The number of hydrogen-bond acceptors (Lipinski definition) is 2. The van der Waals surface area contributed by atoms with E-state index in [9.17, 15) is 0 Å². The molecule has 0 unspecified atom stereocenters. The average molecular weight is 879 g/mol. The van der Waals surface area contributed by atoms with Crippen molar-refractivity contribution in [1.82, 2.24) is 4.57 Å². The molecule has 0 N–H and O–H groups in total. The number of para-hydroxylation sites is 3. The van der Waals surface area contributed by atoms with Crippen molar-refractivity contribution in [1.29, 1.82) is 0 Å². The summed E-state index contributed by atoms with van der Waals surface area (Å²) in [6, 6.07) is 92.4. The minimum atomic E-state index is 0.904. The maximum Gasteiger partial charge on any atom is 0.143 e. The van der Waals surface area contributed by atoms with Crippen LogP contribution in [-0.4, -0.2) is 4.57 Å². The van der Waals surface area contributed by atoms with Crippen molar-refractivity contribution in [2.24, 2.45) is 0 Å². The summed E-state index contributed by atoms with van der Waals surface area (Å²) in [4.78, 5) is 2.38. The van der Waals surface area contributed by atoms with Crippen LogP contribution in [0, 0.1) is 0 Å². The van der Waals surface area contributed by atoms with Crippen LogP contribution in [0.15, 0.2) is 259 Å². The van der Waals surface area contributed by atoms with Gasteiger partial charge in [-0.05, 0) is 128 Å². The Labute approximate surface area is 399 Å². The molecule has 0 atom stereocenters. The van der Waals surface area contributed by atoms with Gasteiger partial charge in [-0.3, -0.25) is 0 Å². The van der Waals surface area contributed by atoms with Crippen LogP contribution in [0.25, 0.3) is 115 Å². The first kappa shape index (κ1) is 39.0. The van der Waals surface area contributed by atoms with Gasteiger partial charge in [-0.15, -0.1) is 0 Å². The lowest BCUT2D eigenvalue weighted by atomic mass is 9.93. The van der Waals surface area contributed by atoms with Gasteiger partial charge in [0.15, 0.2) is 0 Å². The highest BCUT2D eigenvalue weighted by molar-refractivity contribution is 6.17. The summed E-state index contributed by atoms with van der Waals surface area (Å²) in [5, 5.41) is 12.1. The van der Waals surface area contributed by atoms with Crippen LogP contribution in [0.4, 0.5) is 17.1 Å². The molecule has 322 valence electrons. The van der Waals surface area contributed by atoms with Crippen LogP contribution in [0.1, 0.15) is 0 Å². The summed E-state index contributed by atoms with van der Waals surface area (Å²) in [6.07, 6.45) is 0. The lowest BCUT2D eigenvalue weighted by Gasteiger charge is -2.26. The van der Waals surface area contributed by atoms with E-state index in [1.807, 2.05) is 0 Å². The molecule has 14 rings (SSSR count). The lowest BCUT2D eigenvalue weighted by molar-refractivity contribution is 0.674. The first-order valence-corrected chi connectivity index (χ1v) is 23.7. The van der Waals surface area contributed by atoms with Gasteiger partial charge in [-0.1, -0.05) is 182 Å². The third kappa shape index (κ3) is 6.36. The smallest absolute Gasteiger partial charge is 0.143 e.